The molecule has 2 nitrogen and oxygen atoms in total. The first-order valence-electron chi connectivity index (χ1n) is 5.12. The maximum absolute atomic E-state index is 10.6. The zero-order chi connectivity index (χ0) is 11.2. The van der Waals surface area contributed by atoms with Crippen molar-refractivity contribution in [1.29, 1.82) is 0 Å². The highest BCUT2D eigenvalue weighted by atomic mass is 31.1. The van der Waals surface area contributed by atoms with E-state index in [-0.39, 0.29) is 0 Å². The van der Waals surface area contributed by atoms with E-state index in [0.717, 1.165) is 17.7 Å². The summed E-state index contributed by atoms with van der Waals surface area (Å²) in [6.07, 6.45) is 0.802. The van der Waals surface area contributed by atoms with Crippen LogP contribution >= 0.6 is 8.69 Å². The van der Waals surface area contributed by atoms with Gasteiger partial charge in [0.05, 0.1) is 0 Å². The van der Waals surface area contributed by atoms with Crippen molar-refractivity contribution in [3.63, 3.8) is 0 Å². The maximum Gasteiger partial charge on any atom is 0.225 e. The number of para-hydroxylation sites is 1. The molecule has 0 bridgehead atoms. The van der Waals surface area contributed by atoms with Crippen molar-refractivity contribution in [2.24, 2.45) is 0 Å². The van der Waals surface area contributed by atoms with E-state index in [1.54, 1.807) is 0 Å². The number of rotatable bonds is 4. The Bertz CT molecular complexity index is 468. The summed E-state index contributed by atoms with van der Waals surface area (Å²) in [5, 5.41) is 0. The molecule has 0 fully saturated rings. The van der Waals surface area contributed by atoms with Gasteiger partial charge < -0.3 is 4.52 Å². The molecule has 0 spiro atoms. The summed E-state index contributed by atoms with van der Waals surface area (Å²) in [7, 11) is -1.20. The third-order valence-corrected chi connectivity index (χ3v) is 2.74. The van der Waals surface area contributed by atoms with Crippen molar-refractivity contribution in [3.05, 3.63) is 65.7 Å². The van der Waals surface area contributed by atoms with E-state index in [4.69, 9.17) is 4.52 Å². The highest BCUT2D eigenvalue weighted by molar-refractivity contribution is 7.17. The normalized spacial score (nSPS) is 10.8. The molecule has 3 heteroatoms. The molecule has 2 aromatic rings. The van der Waals surface area contributed by atoms with E-state index in [1.165, 1.54) is 5.56 Å². The third-order valence-electron chi connectivity index (χ3n) is 2.39. The molecular formula is C13H13O2P. The standard InChI is InChI=1S/C13H13O2P/c14-16-15-13-9-5-4-8-12(13)10-11-6-2-1-3-7-11/h1-9H,10,16H2. The second-order valence-electron chi connectivity index (χ2n) is 3.48. The van der Waals surface area contributed by atoms with Gasteiger partial charge in [0.1, 0.15) is 5.75 Å². The maximum atomic E-state index is 10.6. The zero-order valence-electron chi connectivity index (χ0n) is 8.80. The molecule has 0 aliphatic heterocycles. The Morgan fingerprint density at radius 1 is 0.938 bits per heavy atom. The first kappa shape index (κ1) is 11.0. The summed E-state index contributed by atoms with van der Waals surface area (Å²) in [5.74, 6) is 0.719. The van der Waals surface area contributed by atoms with Crippen LogP contribution in [-0.2, 0) is 11.0 Å². The van der Waals surface area contributed by atoms with Crippen LogP contribution in [0.15, 0.2) is 54.6 Å². The summed E-state index contributed by atoms with van der Waals surface area (Å²) in [6.45, 7) is 0. The Balaban J connectivity index is 2.24. The lowest BCUT2D eigenvalue weighted by Gasteiger charge is -2.07. The first-order valence-corrected chi connectivity index (χ1v) is 6.06. The van der Waals surface area contributed by atoms with E-state index < -0.39 is 8.69 Å². The molecule has 16 heavy (non-hydrogen) atoms. The van der Waals surface area contributed by atoms with Gasteiger partial charge in [-0.2, -0.15) is 0 Å². The SMILES string of the molecule is O=[PH2]Oc1ccccc1Cc1ccccc1. The molecule has 0 radical (unpaired) electrons. The van der Waals surface area contributed by atoms with Gasteiger partial charge in [0.2, 0.25) is 8.69 Å². The molecule has 0 N–H and O–H groups in total. The average Bonchev–Trinajstić information content (AvgIpc) is 2.33. The summed E-state index contributed by atoms with van der Waals surface area (Å²) in [4.78, 5) is 0. The van der Waals surface area contributed by atoms with Gasteiger partial charge in [0, 0.05) is 6.42 Å². The van der Waals surface area contributed by atoms with Gasteiger partial charge in [-0.25, -0.2) is 0 Å². The van der Waals surface area contributed by atoms with Crippen LogP contribution in [0.25, 0.3) is 0 Å². The molecule has 1 atom stereocenters. The lowest BCUT2D eigenvalue weighted by atomic mass is 10.0. The van der Waals surface area contributed by atoms with Crippen molar-refractivity contribution in [1.82, 2.24) is 0 Å². The molecule has 1 unspecified atom stereocenters. The Kier molecular flexibility index (Phi) is 3.79. The second-order valence-corrected chi connectivity index (χ2v) is 3.91. The Morgan fingerprint density at radius 2 is 1.62 bits per heavy atom. The highest BCUT2D eigenvalue weighted by Gasteiger charge is 2.02. The minimum atomic E-state index is -1.20. The van der Waals surface area contributed by atoms with Gasteiger partial charge in [-0.1, -0.05) is 48.5 Å². The molecule has 0 saturated carbocycles. The molecule has 0 aromatic heterocycles. The van der Waals surface area contributed by atoms with E-state index in [2.05, 4.69) is 12.1 Å². The zero-order valence-corrected chi connectivity index (χ0v) is 9.95. The molecular weight excluding hydrogens is 219 g/mol. The lowest BCUT2D eigenvalue weighted by Crippen LogP contribution is -1.90. The van der Waals surface area contributed by atoms with E-state index in [0.29, 0.717) is 0 Å². The van der Waals surface area contributed by atoms with Crippen LogP contribution in [0.2, 0.25) is 0 Å². The lowest BCUT2D eigenvalue weighted by molar-refractivity contribution is 0.522. The minimum Gasteiger partial charge on any atom is -0.447 e. The molecule has 0 saturated heterocycles. The van der Waals surface area contributed by atoms with Crippen LogP contribution in [0.3, 0.4) is 0 Å². The van der Waals surface area contributed by atoms with Crippen molar-refractivity contribution >= 4 is 8.69 Å². The smallest absolute Gasteiger partial charge is 0.225 e. The molecule has 0 amide bonds. The minimum absolute atomic E-state index is 0.719. The molecule has 2 rings (SSSR count). The number of hydrogen-bond acceptors (Lipinski definition) is 2. The second kappa shape index (κ2) is 5.53. The summed E-state index contributed by atoms with van der Waals surface area (Å²) < 4.78 is 15.7. The average molecular weight is 232 g/mol. The van der Waals surface area contributed by atoms with Crippen LogP contribution in [-0.4, -0.2) is 0 Å². The Labute approximate surface area is 96.2 Å². The fraction of sp³-hybridized carbons (Fsp3) is 0.0769. The van der Waals surface area contributed by atoms with E-state index >= 15 is 0 Å². The van der Waals surface area contributed by atoms with Gasteiger partial charge in [0.15, 0.2) is 0 Å². The first-order chi connectivity index (χ1) is 7.90. The van der Waals surface area contributed by atoms with Crippen molar-refractivity contribution in [2.45, 2.75) is 6.42 Å². The van der Waals surface area contributed by atoms with Gasteiger partial charge in [-0.3, -0.25) is 4.57 Å². The van der Waals surface area contributed by atoms with Crippen LogP contribution in [0, 0.1) is 0 Å². The van der Waals surface area contributed by atoms with Crippen molar-refractivity contribution in [3.8, 4) is 5.75 Å². The number of hydrogen-bond donors (Lipinski definition) is 0. The van der Waals surface area contributed by atoms with Gasteiger partial charge in [-0.05, 0) is 17.2 Å². The fourth-order valence-electron chi connectivity index (χ4n) is 1.63. The monoisotopic (exact) mass is 232 g/mol. The summed E-state index contributed by atoms with van der Waals surface area (Å²) in [5.41, 5.74) is 2.29. The van der Waals surface area contributed by atoms with Crippen molar-refractivity contribution < 1.29 is 9.09 Å². The third kappa shape index (κ3) is 2.74. The quantitative estimate of drug-likeness (QED) is 0.756. The fourth-order valence-corrected chi connectivity index (χ4v) is 1.97. The predicted molar refractivity (Wildman–Crippen MR) is 66.7 cm³/mol. The predicted octanol–water partition coefficient (Wildman–Crippen LogP) is 3.33. The topological polar surface area (TPSA) is 26.3 Å². The van der Waals surface area contributed by atoms with Gasteiger partial charge in [0.25, 0.3) is 0 Å². The molecule has 82 valence electrons. The van der Waals surface area contributed by atoms with Crippen molar-refractivity contribution in [2.75, 3.05) is 0 Å². The van der Waals surface area contributed by atoms with E-state index in [1.807, 2.05) is 42.5 Å². The summed E-state index contributed by atoms with van der Waals surface area (Å²) in [6, 6.07) is 17.9. The molecule has 0 aliphatic rings. The summed E-state index contributed by atoms with van der Waals surface area (Å²) >= 11 is 0. The molecule has 2 aromatic carbocycles. The van der Waals surface area contributed by atoms with Crippen LogP contribution in [0.4, 0.5) is 0 Å². The van der Waals surface area contributed by atoms with E-state index in [9.17, 15) is 4.57 Å². The van der Waals surface area contributed by atoms with Gasteiger partial charge >= 0.3 is 0 Å². The van der Waals surface area contributed by atoms with Crippen LogP contribution in [0.1, 0.15) is 11.1 Å². The molecule has 0 aliphatic carbocycles. The highest BCUT2D eigenvalue weighted by Crippen LogP contribution is 2.23. The Morgan fingerprint density at radius 3 is 2.38 bits per heavy atom. The van der Waals surface area contributed by atoms with Gasteiger partial charge in [-0.15, -0.1) is 0 Å². The molecule has 0 heterocycles. The van der Waals surface area contributed by atoms with Crippen LogP contribution in [0.5, 0.6) is 5.75 Å². The largest absolute Gasteiger partial charge is 0.447 e. The Hall–Kier alpha value is -1.53. The van der Waals surface area contributed by atoms with Crippen LogP contribution < -0.4 is 4.52 Å². The number of benzene rings is 2.